The molecule has 1 atom stereocenters. The lowest BCUT2D eigenvalue weighted by Crippen LogP contribution is -2.08. The summed E-state index contributed by atoms with van der Waals surface area (Å²) in [7, 11) is 0. The van der Waals surface area contributed by atoms with E-state index >= 15 is 0 Å². The molecule has 0 spiro atoms. The van der Waals surface area contributed by atoms with Crippen molar-refractivity contribution in [2.75, 3.05) is 0 Å². The molecule has 1 aromatic heterocycles. The molecule has 17 heavy (non-hydrogen) atoms. The van der Waals surface area contributed by atoms with Gasteiger partial charge in [-0.3, -0.25) is 0 Å². The third kappa shape index (κ3) is 3.70. The van der Waals surface area contributed by atoms with Gasteiger partial charge in [-0.05, 0) is 37.3 Å². The fourth-order valence-electron chi connectivity index (χ4n) is 2.66. The molecule has 1 N–H and O–H groups in total. The first kappa shape index (κ1) is 13.4. The second-order valence-electron chi connectivity index (χ2n) is 5.20. The van der Waals surface area contributed by atoms with E-state index in [9.17, 15) is 5.11 Å². The Morgan fingerprint density at radius 2 is 2.12 bits per heavy atom. The molecule has 96 valence electrons. The first-order chi connectivity index (χ1) is 8.16. The Morgan fingerprint density at radius 1 is 1.41 bits per heavy atom. The minimum absolute atomic E-state index is 0.312. The van der Waals surface area contributed by atoms with Gasteiger partial charge in [0.1, 0.15) is 0 Å². The highest BCUT2D eigenvalue weighted by molar-refractivity contribution is 7.16. The first-order valence-corrected chi connectivity index (χ1v) is 7.80. The maximum atomic E-state index is 10.1. The van der Waals surface area contributed by atoms with Gasteiger partial charge in [0.25, 0.3) is 0 Å². The number of hydrogen-bond acceptors (Lipinski definition) is 2. The molecule has 0 amide bonds. The monoisotopic (exact) mass is 272 g/mol. The third-order valence-corrected chi connectivity index (χ3v) is 5.43. The van der Waals surface area contributed by atoms with Crippen molar-refractivity contribution in [2.24, 2.45) is 5.92 Å². The Balaban J connectivity index is 1.82. The Labute approximate surface area is 113 Å². The minimum atomic E-state index is -0.312. The Morgan fingerprint density at radius 3 is 2.71 bits per heavy atom. The van der Waals surface area contributed by atoms with Crippen LogP contribution in [-0.4, -0.2) is 5.11 Å². The molecule has 1 aliphatic rings. The van der Waals surface area contributed by atoms with Crippen LogP contribution >= 0.6 is 22.9 Å². The average Bonchev–Trinajstić information content (AvgIpc) is 2.68. The number of thiophene rings is 1. The second-order valence-corrected chi connectivity index (χ2v) is 6.89. The van der Waals surface area contributed by atoms with E-state index in [-0.39, 0.29) is 6.10 Å². The molecule has 1 nitrogen and oxygen atoms in total. The summed E-state index contributed by atoms with van der Waals surface area (Å²) < 4.78 is 0.816. The normalized spacial score (nSPS) is 19.5. The van der Waals surface area contributed by atoms with E-state index in [1.54, 1.807) is 0 Å². The molecular weight excluding hydrogens is 252 g/mol. The van der Waals surface area contributed by atoms with Crippen molar-refractivity contribution in [3.63, 3.8) is 0 Å². The summed E-state index contributed by atoms with van der Waals surface area (Å²) in [5, 5.41) is 10.1. The summed E-state index contributed by atoms with van der Waals surface area (Å²) in [6, 6.07) is 2.03. The summed E-state index contributed by atoms with van der Waals surface area (Å²) in [5.41, 5.74) is 1.09. The first-order valence-electron chi connectivity index (χ1n) is 6.60. The second kappa shape index (κ2) is 6.21. The summed E-state index contributed by atoms with van der Waals surface area (Å²) in [4.78, 5) is 1.03. The highest BCUT2D eigenvalue weighted by Gasteiger charge is 2.17. The maximum Gasteiger partial charge on any atom is 0.0961 e. The van der Waals surface area contributed by atoms with Crippen molar-refractivity contribution >= 4 is 22.9 Å². The molecule has 1 aromatic rings. The van der Waals surface area contributed by atoms with Crippen molar-refractivity contribution < 1.29 is 5.11 Å². The summed E-state index contributed by atoms with van der Waals surface area (Å²) in [5.74, 6) is 0.843. The largest absolute Gasteiger partial charge is 0.388 e. The van der Waals surface area contributed by atoms with Crippen molar-refractivity contribution in [3.8, 4) is 0 Å². The van der Waals surface area contributed by atoms with Crippen LogP contribution in [0.25, 0.3) is 0 Å². The van der Waals surface area contributed by atoms with E-state index in [4.69, 9.17) is 11.6 Å². The molecule has 2 rings (SSSR count). The van der Waals surface area contributed by atoms with Crippen LogP contribution in [0.2, 0.25) is 4.34 Å². The molecular formula is C14H21ClOS. The van der Waals surface area contributed by atoms with Gasteiger partial charge < -0.3 is 5.11 Å². The van der Waals surface area contributed by atoms with E-state index in [0.29, 0.717) is 0 Å². The van der Waals surface area contributed by atoms with Crippen LogP contribution in [0.5, 0.6) is 0 Å². The summed E-state index contributed by atoms with van der Waals surface area (Å²) in [6.45, 7) is 2.00. The summed E-state index contributed by atoms with van der Waals surface area (Å²) in [6.07, 6.45) is 8.62. The molecule has 3 heteroatoms. The lowest BCUT2D eigenvalue weighted by molar-refractivity contribution is 0.154. The van der Waals surface area contributed by atoms with Crippen molar-refractivity contribution in [3.05, 3.63) is 20.8 Å². The van der Waals surface area contributed by atoms with Crippen LogP contribution in [0.3, 0.4) is 0 Å². The number of halogens is 1. The molecule has 1 heterocycles. The number of hydrogen-bond donors (Lipinski definition) is 1. The lowest BCUT2D eigenvalue weighted by atomic mass is 9.85. The van der Waals surface area contributed by atoms with Crippen LogP contribution in [0.1, 0.15) is 61.5 Å². The van der Waals surface area contributed by atoms with Gasteiger partial charge >= 0.3 is 0 Å². The van der Waals surface area contributed by atoms with E-state index in [2.05, 4.69) is 0 Å². The predicted molar refractivity (Wildman–Crippen MR) is 74.8 cm³/mol. The third-order valence-electron chi connectivity index (χ3n) is 3.78. The molecule has 0 bridgehead atoms. The van der Waals surface area contributed by atoms with Crippen molar-refractivity contribution in [2.45, 2.75) is 58.0 Å². The van der Waals surface area contributed by atoms with Gasteiger partial charge in [0.2, 0.25) is 0 Å². The molecule has 1 fully saturated rings. The fourth-order valence-corrected chi connectivity index (χ4v) is 3.90. The minimum Gasteiger partial charge on any atom is -0.388 e. The number of rotatable bonds is 4. The van der Waals surface area contributed by atoms with Crippen LogP contribution < -0.4 is 0 Å². The van der Waals surface area contributed by atoms with Gasteiger partial charge in [-0.1, -0.05) is 43.7 Å². The molecule has 1 saturated carbocycles. The predicted octanol–water partition coefficient (Wildman–Crippen LogP) is 5.10. The number of aliphatic hydroxyl groups excluding tert-OH is 1. The Hall–Kier alpha value is -0.0500. The van der Waals surface area contributed by atoms with Crippen molar-refractivity contribution in [1.29, 1.82) is 0 Å². The van der Waals surface area contributed by atoms with Gasteiger partial charge in [-0.15, -0.1) is 11.3 Å². The van der Waals surface area contributed by atoms with Gasteiger partial charge in [0, 0.05) is 4.88 Å². The molecule has 1 aliphatic carbocycles. The molecule has 0 radical (unpaired) electrons. The molecule has 0 saturated heterocycles. The van der Waals surface area contributed by atoms with E-state index in [0.717, 1.165) is 33.5 Å². The van der Waals surface area contributed by atoms with Crippen LogP contribution in [0, 0.1) is 12.8 Å². The number of aryl methyl sites for hydroxylation is 1. The standard InChI is InChI=1S/C14H21ClOS/c1-10-9-13(17-14(10)15)12(16)8-7-11-5-3-2-4-6-11/h9,11-12,16H,2-8H2,1H3. The molecule has 0 aromatic carbocycles. The van der Waals surface area contributed by atoms with Crippen LogP contribution in [0.15, 0.2) is 6.07 Å². The van der Waals surface area contributed by atoms with Crippen molar-refractivity contribution in [1.82, 2.24) is 0 Å². The highest BCUT2D eigenvalue weighted by Crippen LogP contribution is 2.35. The maximum absolute atomic E-state index is 10.1. The SMILES string of the molecule is Cc1cc(C(O)CCC2CCCCC2)sc1Cl. The average molecular weight is 273 g/mol. The van der Waals surface area contributed by atoms with Gasteiger partial charge in [0.05, 0.1) is 10.4 Å². The Bertz CT molecular complexity index is 336. The molecule has 1 unspecified atom stereocenters. The lowest BCUT2D eigenvalue weighted by Gasteiger charge is -2.22. The zero-order chi connectivity index (χ0) is 12.3. The fraction of sp³-hybridized carbons (Fsp3) is 0.714. The van der Waals surface area contributed by atoms with E-state index in [1.807, 2.05) is 13.0 Å². The van der Waals surface area contributed by atoms with E-state index < -0.39 is 0 Å². The zero-order valence-corrected chi connectivity index (χ0v) is 12.0. The topological polar surface area (TPSA) is 20.2 Å². The van der Waals surface area contributed by atoms with E-state index in [1.165, 1.54) is 43.4 Å². The highest BCUT2D eigenvalue weighted by atomic mass is 35.5. The van der Waals surface area contributed by atoms with Crippen LogP contribution in [0.4, 0.5) is 0 Å². The van der Waals surface area contributed by atoms with Gasteiger partial charge in [-0.25, -0.2) is 0 Å². The smallest absolute Gasteiger partial charge is 0.0961 e. The molecule has 0 aliphatic heterocycles. The quantitative estimate of drug-likeness (QED) is 0.808. The summed E-state index contributed by atoms with van der Waals surface area (Å²) >= 11 is 7.55. The van der Waals surface area contributed by atoms with Gasteiger partial charge in [-0.2, -0.15) is 0 Å². The zero-order valence-electron chi connectivity index (χ0n) is 10.4. The number of aliphatic hydroxyl groups is 1. The van der Waals surface area contributed by atoms with Gasteiger partial charge in [0.15, 0.2) is 0 Å². The Kier molecular flexibility index (Phi) is 4.89. The van der Waals surface area contributed by atoms with Crippen LogP contribution in [-0.2, 0) is 0 Å².